The van der Waals surface area contributed by atoms with E-state index in [-0.39, 0.29) is 0 Å². The van der Waals surface area contributed by atoms with Crippen molar-refractivity contribution in [1.82, 2.24) is 4.90 Å². The topological polar surface area (TPSA) is 3.24 Å². The fourth-order valence-electron chi connectivity index (χ4n) is 1.62. The van der Waals surface area contributed by atoms with Crippen LogP contribution in [0.1, 0.15) is 12.0 Å². The van der Waals surface area contributed by atoms with E-state index in [2.05, 4.69) is 41.7 Å². The molecular weight excluding hydrogens is 146 g/mol. The van der Waals surface area contributed by atoms with Gasteiger partial charge in [0.2, 0.25) is 0 Å². The number of rotatable bonds is 2. The fraction of sp³-hybridized carbons (Fsp3) is 0.364. The quantitative estimate of drug-likeness (QED) is 0.640. The summed E-state index contributed by atoms with van der Waals surface area (Å²) >= 11 is 0. The molecule has 1 heterocycles. The molecule has 0 aliphatic carbocycles. The van der Waals surface area contributed by atoms with Gasteiger partial charge in [-0.05, 0) is 24.9 Å². The smallest absolute Gasteiger partial charge is 0.0233 e. The summed E-state index contributed by atoms with van der Waals surface area (Å²) in [5, 5.41) is 0. The predicted molar refractivity (Wildman–Crippen MR) is 50.6 cm³/mol. The van der Waals surface area contributed by atoms with Crippen molar-refractivity contribution in [3.8, 4) is 0 Å². The standard InChI is InChI=1S/C11H14N/c1-2-6-11(7-3-1)10-12-8-4-5-9-12/h1-4,6-7H,5,8-10H2. The highest BCUT2D eigenvalue weighted by Crippen LogP contribution is 2.10. The lowest BCUT2D eigenvalue weighted by atomic mass is 10.2. The van der Waals surface area contributed by atoms with Gasteiger partial charge < -0.3 is 0 Å². The summed E-state index contributed by atoms with van der Waals surface area (Å²) in [5.74, 6) is 0. The SMILES string of the molecule is [CH]1CCN(Cc2ccccc2)C1. The predicted octanol–water partition coefficient (Wildman–Crippen LogP) is 2.10. The Kier molecular flexibility index (Phi) is 2.42. The van der Waals surface area contributed by atoms with Crippen molar-refractivity contribution in [2.24, 2.45) is 0 Å². The largest absolute Gasteiger partial charge is 0.299 e. The van der Waals surface area contributed by atoms with E-state index in [1.54, 1.807) is 0 Å². The second-order valence-electron chi connectivity index (χ2n) is 3.30. The van der Waals surface area contributed by atoms with Crippen LogP contribution in [-0.2, 0) is 6.54 Å². The number of likely N-dealkylation sites (tertiary alicyclic amines) is 1. The summed E-state index contributed by atoms with van der Waals surface area (Å²) in [6, 6.07) is 10.7. The zero-order valence-electron chi connectivity index (χ0n) is 7.24. The molecule has 0 saturated carbocycles. The van der Waals surface area contributed by atoms with Crippen molar-refractivity contribution in [2.75, 3.05) is 13.1 Å². The molecule has 1 radical (unpaired) electrons. The molecule has 1 aromatic rings. The van der Waals surface area contributed by atoms with E-state index in [1.807, 2.05) is 0 Å². The van der Waals surface area contributed by atoms with Crippen LogP contribution in [0.3, 0.4) is 0 Å². The Morgan fingerprint density at radius 2 is 2.00 bits per heavy atom. The van der Waals surface area contributed by atoms with Gasteiger partial charge in [0.25, 0.3) is 0 Å². The first-order valence-electron chi connectivity index (χ1n) is 4.53. The molecule has 1 nitrogen and oxygen atoms in total. The molecule has 0 atom stereocenters. The van der Waals surface area contributed by atoms with Crippen molar-refractivity contribution in [3.05, 3.63) is 42.3 Å². The first-order valence-corrected chi connectivity index (χ1v) is 4.53. The summed E-state index contributed by atoms with van der Waals surface area (Å²) in [7, 11) is 0. The van der Waals surface area contributed by atoms with Gasteiger partial charge >= 0.3 is 0 Å². The maximum Gasteiger partial charge on any atom is 0.0233 e. The lowest BCUT2D eigenvalue weighted by molar-refractivity contribution is 0.337. The van der Waals surface area contributed by atoms with Gasteiger partial charge in [-0.25, -0.2) is 0 Å². The van der Waals surface area contributed by atoms with Crippen LogP contribution in [0.2, 0.25) is 0 Å². The highest BCUT2D eigenvalue weighted by molar-refractivity contribution is 5.14. The van der Waals surface area contributed by atoms with Gasteiger partial charge in [-0.3, -0.25) is 4.90 Å². The zero-order valence-corrected chi connectivity index (χ0v) is 7.24. The van der Waals surface area contributed by atoms with Gasteiger partial charge in [-0.1, -0.05) is 30.3 Å². The average Bonchev–Trinajstić information content (AvgIpc) is 2.59. The molecule has 1 aromatic carbocycles. The molecule has 1 aliphatic rings. The molecule has 1 saturated heterocycles. The van der Waals surface area contributed by atoms with Gasteiger partial charge in [0.1, 0.15) is 0 Å². The van der Waals surface area contributed by atoms with Crippen LogP contribution in [0.15, 0.2) is 30.3 Å². The Bertz CT molecular complexity index is 224. The van der Waals surface area contributed by atoms with Crippen molar-refractivity contribution < 1.29 is 0 Å². The average molecular weight is 160 g/mol. The van der Waals surface area contributed by atoms with Crippen LogP contribution in [-0.4, -0.2) is 18.0 Å². The number of benzene rings is 1. The molecule has 0 aromatic heterocycles. The van der Waals surface area contributed by atoms with E-state index in [0.717, 1.165) is 13.1 Å². The molecule has 0 bridgehead atoms. The summed E-state index contributed by atoms with van der Waals surface area (Å²) in [5.41, 5.74) is 1.42. The molecule has 63 valence electrons. The van der Waals surface area contributed by atoms with Gasteiger partial charge in [-0.15, -0.1) is 0 Å². The van der Waals surface area contributed by atoms with Crippen molar-refractivity contribution in [2.45, 2.75) is 13.0 Å². The fourth-order valence-corrected chi connectivity index (χ4v) is 1.62. The highest BCUT2D eigenvalue weighted by atomic mass is 15.1. The Morgan fingerprint density at radius 3 is 2.67 bits per heavy atom. The van der Waals surface area contributed by atoms with Crippen molar-refractivity contribution in [1.29, 1.82) is 0 Å². The van der Waals surface area contributed by atoms with Crippen molar-refractivity contribution >= 4 is 0 Å². The molecule has 0 amide bonds. The van der Waals surface area contributed by atoms with Crippen LogP contribution in [0, 0.1) is 6.42 Å². The third-order valence-electron chi connectivity index (χ3n) is 2.29. The van der Waals surface area contributed by atoms with Crippen LogP contribution in [0.5, 0.6) is 0 Å². The monoisotopic (exact) mass is 160 g/mol. The summed E-state index contributed by atoms with van der Waals surface area (Å²) in [6.45, 7) is 3.50. The second kappa shape index (κ2) is 3.72. The minimum Gasteiger partial charge on any atom is -0.299 e. The molecule has 0 N–H and O–H groups in total. The molecule has 0 spiro atoms. The maximum atomic E-state index is 2.47. The second-order valence-corrected chi connectivity index (χ2v) is 3.30. The van der Waals surface area contributed by atoms with Crippen LogP contribution in [0.25, 0.3) is 0 Å². The first-order chi connectivity index (χ1) is 5.95. The Morgan fingerprint density at radius 1 is 1.17 bits per heavy atom. The molecule has 2 rings (SSSR count). The van der Waals surface area contributed by atoms with E-state index in [1.165, 1.54) is 18.5 Å². The van der Waals surface area contributed by atoms with Gasteiger partial charge in [0.15, 0.2) is 0 Å². The summed E-state index contributed by atoms with van der Waals surface area (Å²) in [4.78, 5) is 2.47. The zero-order chi connectivity index (χ0) is 8.23. The molecule has 12 heavy (non-hydrogen) atoms. The lowest BCUT2D eigenvalue weighted by Crippen LogP contribution is -2.18. The highest BCUT2D eigenvalue weighted by Gasteiger charge is 2.10. The molecule has 1 fully saturated rings. The minimum absolute atomic E-state index is 1.11. The first kappa shape index (κ1) is 7.81. The third kappa shape index (κ3) is 1.86. The van der Waals surface area contributed by atoms with Crippen molar-refractivity contribution in [3.63, 3.8) is 0 Å². The molecular formula is C11H14N. The van der Waals surface area contributed by atoms with E-state index in [4.69, 9.17) is 0 Å². The van der Waals surface area contributed by atoms with E-state index < -0.39 is 0 Å². The molecule has 0 unspecified atom stereocenters. The third-order valence-corrected chi connectivity index (χ3v) is 2.29. The summed E-state index contributed by atoms with van der Waals surface area (Å²) < 4.78 is 0. The van der Waals surface area contributed by atoms with E-state index >= 15 is 0 Å². The Balaban J connectivity index is 1.94. The van der Waals surface area contributed by atoms with Gasteiger partial charge in [0.05, 0.1) is 0 Å². The molecule has 1 heteroatoms. The van der Waals surface area contributed by atoms with E-state index in [9.17, 15) is 0 Å². The minimum atomic E-state index is 1.11. The lowest BCUT2D eigenvalue weighted by Gasteiger charge is -2.13. The number of nitrogens with zero attached hydrogens (tertiary/aromatic N) is 1. The van der Waals surface area contributed by atoms with Crippen LogP contribution < -0.4 is 0 Å². The van der Waals surface area contributed by atoms with E-state index in [0.29, 0.717) is 0 Å². The van der Waals surface area contributed by atoms with Crippen LogP contribution in [0.4, 0.5) is 0 Å². The number of hydrogen-bond donors (Lipinski definition) is 0. The van der Waals surface area contributed by atoms with Gasteiger partial charge in [-0.2, -0.15) is 0 Å². The van der Waals surface area contributed by atoms with Gasteiger partial charge in [0, 0.05) is 13.1 Å². The summed E-state index contributed by atoms with van der Waals surface area (Å²) in [6.07, 6.45) is 3.61. The number of hydrogen-bond acceptors (Lipinski definition) is 1. The molecule has 1 aliphatic heterocycles. The Hall–Kier alpha value is -0.820. The maximum absolute atomic E-state index is 2.47. The Labute approximate surface area is 74.0 Å². The normalized spacial score (nSPS) is 18.3. The van der Waals surface area contributed by atoms with Crippen LogP contribution >= 0.6 is 0 Å².